The highest BCUT2D eigenvalue weighted by Gasteiger charge is 2.34. The summed E-state index contributed by atoms with van der Waals surface area (Å²) in [4.78, 5) is 0. The van der Waals surface area contributed by atoms with Crippen molar-refractivity contribution in [2.24, 2.45) is 11.7 Å². The minimum Gasteiger partial charge on any atom is -0.391 e. The van der Waals surface area contributed by atoms with E-state index >= 15 is 0 Å². The minimum absolute atomic E-state index is 0.258. The van der Waals surface area contributed by atoms with E-state index in [0.717, 1.165) is 12.8 Å². The smallest absolute Gasteiger partial charge is 0.126 e. The molecule has 1 fully saturated rings. The van der Waals surface area contributed by atoms with Crippen LogP contribution in [-0.4, -0.2) is 11.2 Å². The van der Waals surface area contributed by atoms with E-state index in [-0.39, 0.29) is 5.82 Å². The molecule has 0 amide bonds. The van der Waals surface area contributed by atoms with Gasteiger partial charge in [-0.2, -0.15) is 0 Å². The van der Waals surface area contributed by atoms with E-state index in [2.05, 4.69) is 0 Å². The number of nitrogens with two attached hydrogens (primary N) is 1. The van der Waals surface area contributed by atoms with Crippen LogP contribution >= 0.6 is 0 Å². The van der Waals surface area contributed by atoms with Crippen molar-refractivity contribution in [2.45, 2.75) is 31.9 Å². The van der Waals surface area contributed by atoms with Crippen molar-refractivity contribution in [3.8, 4) is 0 Å². The molecule has 2 atom stereocenters. The number of benzene rings is 1. The predicted octanol–water partition coefficient (Wildman–Crippen LogP) is 1.90. The lowest BCUT2D eigenvalue weighted by Crippen LogP contribution is -2.27. The van der Waals surface area contributed by atoms with Gasteiger partial charge in [-0.3, -0.25) is 0 Å². The van der Waals surface area contributed by atoms with Crippen molar-refractivity contribution in [2.75, 3.05) is 0 Å². The topological polar surface area (TPSA) is 46.2 Å². The Bertz CT molecular complexity index is 363. The molecular weight excluding hydrogens is 193 g/mol. The predicted molar refractivity (Wildman–Crippen MR) is 56.8 cm³/mol. The van der Waals surface area contributed by atoms with E-state index in [9.17, 15) is 9.50 Å². The number of hydrogen-bond donors (Lipinski definition) is 2. The Morgan fingerprint density at radius 1 is 1.47 bits per heavy atom. The molecule has 0 saturated heterocycles. The fourth-order valence-corrected chi connectivity index (χ4v) is 1.74. The third-order valence-electron chi connectivity index (χ3n) is 3.05. The molecule has 3 heteroatoms. The molecule has 2 nitrogen and oxygen atoms in total. The molecule has 0 bridgehead atoms. The van der Waals surface area contributed by atoms with Crippen LogP contribution in [0.3, 0.4) is 0 Å². The molecule has 0 radical (unpaired) electrons. The number of aliphatic hydroxyl groups excluding tert-OH is 1. The molecule has 1 aromatic carbocycles. The van der Waals surface area contributed by atoms with Crippen molar-refractivity contribution in [1.29, 1.82) is 0 Å². The highest BCUT2D eigenvalue weighted by atomic mass is 19.1. The van der Waals surface area contributed by atoms with Crippen LogP contribution in [0.1, 0.15) is 30.0 Å². The zero-order chi connectivity index (χ0) is 11.0. The molecular formula is C12H16FNO. The quantitative estimate of drug-likeness (QED) is 0.798. The van der Waals surface area contributed by atoms with E-state index in [4.69, 9.17) is 5.73 Å². The van der Waals surface area contributed by atoms with Gasteiger partial charge in [0, 0.05) is 0 Å². The summed E-state index contributed by atoms with van der Waals surface area (Å²) in [6.45, 7) is 1.71. The van der Waals surface area contributed by atoms with E-state index in [0.29, 0.717) is 17.0 Å². The summed E-state index contributed by atoms with van der Waals surface area (Å²) >= 11 is 0. The maximum absolute atomic E-state index is 13.3. The normalized spacial score (nSPS) is 20.0. The van der Waals surface area contributed by atoms with Crippen molar-refractivity contribution in [3.63, 3.8) is 0 Å². The van der Waals surface area contributed by atoms with Gasteiger partial charge in [-0.1, -0.05) is 12.1 Å². The lowest BCUT2D eigenvalue weighted by molar-refractivity contribution is 0.122. The highest BCUT2D eigenvalue weighted by Crippen LogP contribution is 2.37. The standard InChI is InChI=1S/C12H16FNO/c1-7-2-3-9(6-10(7)13)11(14)12(15)8-4-5-8/h2-3,6,8,11-12,15H,4-5,14H2,1H3. The third kappa shape index (κ3) is 2.19. The number of rotatable bonds is 3. The largest absolute Gasteiger partial charge is 0.391 e. The summed E-state index contributed by atoms with van der Waals surface area (Å²) in [7, 11) is 0. The number of hydrogen-bond acceptors (Lipinski definition) is 2. The van der Waals surface area contributed by atoms with Crippen molar-refractivity contribution in [3.05, 3.63) is 35.1 Å². The van der Waals surface area contributed by atoms with E-state index < -0.39 is 12.1 Å². The molecule has 15 heavy (non-hydrogen) atoms. The van der Waals surface area contributed by atoms with Gasteiger partial charge in [-0.25, -0.2) is 4.39 Å². The number of aryl methyl sites for hydroxylation is 1. The second-order valence-electron chi connectivity index (χ2n) is 4.36. The first kappa shape index (κ1) is 10.6. The maximum Gasteiger partial charge on any atom is 0.126 e. The molecule has 0 heterocycles. The second-order valence-corrected chi connectivity index (χ2v) is 4.36. The molecule has 0 spiro atoms. The first-order valence-electron chi connectivity index (χ1n) is 5.29. The van der Waals surface area contributed by atoms with Gasteiger partial charge in [-0.15, -0.1) is 0 Å². The van der Waals surface area contributed by atoms with Gasteiger partial charge in [0.25, 0.3) is 0 Å². The fourth-order valence-electron chi connectivity index (χ4n) is 1.74. The maximum atomic E-state index is 13.3. The van der Waals surface area contributed by atoms with Crippen molar-refractivity contribution < 1.29 is 9.50 Å². The molecule has 1 aliphatic carbocycles. The average Bonchev–Trinajstić information content (AvgIpc) is 3.03. The van der Waals surface area contributed by atoms with Gasteiger partial charge in [0.15, 0.2) is 0 Å². The van der Waals surface area contributed by atoms with Crippen LogP contribution in [0.5, 0.6) is 0 Å². The number of aliphatic hydroxyl groups is 1. The zero-order valence-electron chi connectivity index (χ0n) is 8.78. The first-order valence-corrected chi connectivity index (χ1v) is 5.29. The van der Waals surface area contributed by atoms with Crippen LogP contribution < -0.4 is 5.73 Å². The van der Waals surface area contributed by atoms with E-state index in [1.54, 1.807) is 19.1 Å². The molecule has 1 aromatic rings. The molecule has 3 N–H and O–H groups in total. The van der Waals surface area contributed by atoms with Gasteiger partial charge in [0.05, 0.1) is 12.1 Å². The minimum atomic E-state index is -0.535. The Kier molecular flexibility index (Phi) is 2.76. The Labute approximate surface area is 88.9 Å². The van der Waals surface area contributed by atoms with E-state index in [1.807, 2.05) is 0 Å². The lowest BCUT2D eigenvalue weighted by Gasteiger charge is -2.19. The van der Waals surface area contributed by atoms with Crippen molar-refractivity contribution in [1.82, 2.24) is 0 Å². The zero-order valence-corrected chi connectivity index (χ0v) is 8.78. The Balaban J connectivity index is 2.17. The van der Waals surface area contributed by atoms with Gasteiger partial charge in [0.1, 0.15) is 5.82 Å². The molecule has 82 valence electrons. The summed E-state index contributed by atoms with van der Waals surface area (Å²) in [5.41, 5.74) is 7.16. The number of halogens is 1. The summed E-state index contributed by atoms with van der Waals surface area (Å²) < 4.78 is 13.3. The summed E-state index contributed by atoms with van der Waals surface area (Å²) in [5.74, 6) is 0.0512. The summed E-state index contributed by atoms with van der Waals surface area (Å²) in [5, 5.41) is 9.82. The van der Waals surface area contributed by atoms with Crippen LogP contribution in [0.2, 0.25) is 0 Å². The monoisotopic (exact) mass is 209 g/mol. The summed E-state index contributed by atoms with van der Waals surface area (Å²) in [6.07, 6.45) is 1.53. The van der Waals surface area contributed by atoms with Crippen LogP contribution in [0.15, 0.2) is 18.2 Å². The second kappa shape index (κ2) is 3.91. The van der Waals surface area contributed by atoms with Crippen LogP contribution in [-0.2, 0) is 0 Å². The average molecular weight is 209 g/mol. The highest BCUT2D eigenvalue weighted by molar-refractivity contribution is 5.26. The van der Waals surface area contributed by atoms with E-state index in [1.165, 1.54) is 6.07 Å². The molecule has 2 rings (SSSR count). The summed E-state index contributed by atoms with van der Waals surface area (Å²) in [6, 6.07) is 4.44. The Morgan fingerprint density at radius 2 is 2.13 bits per heavy atom. The molecule has 0 aliphatic heterocycles. The molecule has 1 saturated carbocycles. The van der Waals surface area contributed by atoms with Gasteiger partial charge in [-0.05, 0) is 42.9 Å². The van der Waals surface area contributed by atoms with Crippen LogP contribution in [0, 0.1) is 18.7 Å². The Hall–Kier alpha value is -0.930. The van der Waals surface area contributed by atoms with Gasteiger partial charge < -0.3 is 10.8 Å². The Morgan fingerprint density at radius 3 is 2.67 bits per heavy atom. The lowest BCUT2D eigenvalue weighted by atomic mass is 9.98. The molecule has 0 aromatic heterocycles. The van der Waals surface area contributed by atoms with Gasteiger partial charge >= 0.3 is 0 Å². The third-order valence-corrected chi connectivity index (χ3v) is 3.05. The fraction of sp³-hybridized carbons (Fsp3) is 0.500. The first-order chi connectivity index (χ1) is 7.09. The van der Waals surface area contributed by atoms with Gasteiger partial charge in [0.2, 0.25) is 0 Å². The SMILES string of the molecule is Cc1ccc(C(N)C(O)C2CC2)cc1F. The van der Waals surface area contributed by atoms with Crippen LogP contribution in [0.25, 0.3) is 0 Å². The van der Waals surface area contributed by atoms with Crippen molar-refractivity contribution >= 4 is 0 Å². The molecule has 1 aliphatic rings. The molecule has 2 unspecified atom stereocenters. The van der Waals surface area contributed by atoms with Crippen LogP contribution in [0.4, 0.5) is 4.39 Å².